The molecule has 3 rings (SSSR count). The number of carbonyl (C=O) groups is 1. The van der Waals surface area contributed by atoms with E-state index in [0.29, 0.717) is 0 Å². The summed E-state index contributed by atoms with van der Waals surface area (Å²) in [5, 5.41) is 9.86. The number of carboxylic acids is 1. The molecule has 0 aromatic rings. The van der Waals surface area contributed by atoms with E-state index in [0.717, 1.165) is 32.1 Å². The van der Waals surface area contributed by atoms with Gasteiger partial charge in [-0.2, -0.15) is 0 Å². The van der Waals surface area contributed by atoms with E-state index in [1.165, 1.54) is 19.3 Å². The second kappa shape index (κ2) is 4.97. The lowest BCUT2D eigenvalue weighted by Gasteiger charge is -2.57. The molecule has 1 N–H and O–H groups in total. The van der Waals surface area contributed by atoms with Crippen LogP contribution in [0.1, 0.15) is 72.1 Å². The molecule has 3 aliphatic rings. The van der Waals surface area contributed by atoms with Crippen molar-refractivity contribution in [1.82, 2.24) is 0 Å². The maximum Gasteiger partial charge on any atom is 0.309 e. The lowest BCUT2D eigenvalue weighted by Crippen LogP contribution is -2.51. The first-order valence-electron chi connectivity index (χ1n) is 8.88. The SMILES string of the molecule is C=C[C@@]1(C)CCCC2=C1CCC1[C@](C)(C(=O)O)CCC[C@@]21C. The topological polar surface area (TPSA) is 37.3 Å². The highest BCUT2D eigenvalue weighted by Gasteiger charge is 2.57. The number of aliphatic carboxylic acids is 1. The predicted octanol–water partition coefficient (Wildman–Crippen LogP) is 5.35. The Kier molecular flexibility index (Phi) is 3.58. The molecule has 0 aliphatic heterocycles. The molecule has 0 amide bonds. The Hall–Kier alpha value is -1.05. The first-order valence-corrected chi connectivity index (χ1v) is 8.88. The van der Waals surface area contributed by atoms with Gasteiger partial charge in [0.2, 0.25) is 0 Å². The average molecular weight is 302 g/mol. The molecule has 0 aromatic heterocycles. The highest BCUT2D eigenvalue weighted by molar-refractivity contribution is 5.75. The van der Waals surface area contributed by atoms with Gasteiger partial charge in [-0.1, -0.05) is 37.5 Å². The normalized spacial score (nSPS) is 45.0. The van der Waals surface area contributed by atoms with Gasteiger partial charge in [0, 0.05) is 5.41 Å². The van der Waals surface area contributed by atoms with Crippen LogP contribution >= 0.6 is 0 Å². The van der Waals surface area contributed by atoms with Gasteiger partial charge in [-0.25, -0.2) is 0 Å². The summed E-state index contributed by atoms with van der Waals surface area (Å²) < 4.78 is 0. The van der Waals surface area contributed by atoms with E-state index < -0.39 is 11.4 Å². The molecule has 1 saturated carbocycles. The maximum atomic E-state index is 12.0. The third-order valence-electron chi connectivity index (χ3n) is 7.42. The van der Waals surface area contributed by atoms with E-state index in [-0.39, 0.29) is 16.7 Å². The number of allylic oxidation sites excluding steroid dienone is 3. The molecule has 2 heteroatoms. The highest BCUT2D eigenvalue weighted by atomic mass is 16.4. The minimum Gasteiger partial charge on any atom is -0.481 e. The van der Waals surface area contributed by atoms with Gasteiger partial charge in [0.1, 0.15) is 0 Å². The number of fused-ring (bicyclic) bond motifs is 2. The minimum atomic E-state index is -0.588. The smallest absolute Gasteiger partial charge is 0.309 e. The zero-order valence-electron chi connectivity index (χ0n) is 14.4. The van der Waals surface area contributed by atoms with Gasteiger partial charge < -0.3 is 5.11 Å². The molecular formula is C20H30O2. The highest BCUT2D eigenvalue weighted by Crippen LogP contribution is 2.64. The van der Waals surface area contributed by atoms with Crippen molar-refractivity contribution in [3.8, 4) is 0 Å². The largest absolute Gasteiger partial charge is 0.481 e. The second-order valence-corrected chi connectivity index (χ2v) is 8.52. The van der Waals surface area contributed by atoms with Gasteiger partial charge in [0.15, 0.2) is 0 Å². The summed E-state index contributed by atoms with van der Waals surface area (Å²) in [6.07, 6.45) is 10.9. The van der Waals surface area contributed by atoms with Crippen molar-refractivity contribution in [2.75, 3.05) is 0 Å². The van der Waals surface area contributed by atoms with Crippen molar-refractivity contribution in [3.63, 3.8) is 0 Å². The number of hydrogen-bond acceptors (Lipinski definition) is 1. The molecule has 0 radical (unpaired) electrons. The van der Waals surface area contributed by atoms with Crippen molar-refractivity contribution >= 4 is 5.97 Å². The molecule has 122 valence electrons. The maximum absolute atomic E-state index is 12.0. The van der Waals surface area contributed by atoms with E-state index in [4.69, 9.17) is 0 Å². The Morgan fingerprint density at radius 2 is 1.86 bits per heavy atom. The first kappa shape index (κ1) is 15.8. The molecule has 0 aromatic carbocycles. The standard InChI is InChI=1S/C20H30O2/c1-5-18(2)11-6-8-15-14(18)9-10-16-19(15,3)12-7-13-20(16,4)17(21)22/h5,16H,1,6-13H2,2-4H3,(H,21,22)/t16?,18-,19-,20+/m0/s1. The van der Waals surface area contributed by atoms with Gasteiger partial charge in [-0.15, -0.1) is 6.58 Å². The van der Waals surface area contributed by atoms with Crippen LogP contribution in [0.4, 0.5) is 0 Å². The summed E-state index contributed by atoms with van der Waals surface area (Å²) in [6, 6.07) is 0. The molecular weight excluding hydrogens is 272 g/mol. The Morgan fingerprint density at radius 3 is 2.50 bits per heavy atom. The monoisotopic (exact) mass is 302 g/mol. The Morgan fingerprint density at radius 1 is 1.14 bits per heavy atom. The average Bonchev–Trinajstić information content (AvgIpc) is 2.47. The van der Waals surface area contributed by atoms with E-state index >= 15 is 0 Å². The summed E-state index contributed by atoms with van der Waals surface area (Å²) >= 11 is 0. The van der Waals surface area contributed by atoms with E-state index in [9.17, 15) is 9.90 Å². The quantitative estimate of drug-likeness (QED) is 0.698. The molecule has 0 spiro atoms. The fourth-order valence-electron chi connectivity index (χ4n) is 5.99. The first-order chi connectivity index (χ1) is 10.3. The van der Waals surface area contributed by atoms with Crippen molar-refractivity contribution in [1.29, 1.82) is 0 Å². The number of carboxylic acid groups (broad SMARTS) is 1. The molecule has 0 saturated heterocycles. The lowest BCUT2D eigenvalue weighted by atomic mass is 9.46. The second-order valence-electron chi connectivity index (χ2n) is 8.52. The van der Waals surface area contributed by atoms with Gasteiger partial charge in [0.05, 0.1) is 5.41 Å². The van der Waals surface area contributed by atoms with Gasteiger partial charge >= 0.3 is 5.97 Å². The van der Waals surface area contributed by atoms with Crippen LogP contribution in [-0.4, -0.2) is 11.1 Å². The van der Waals surface area contributed by atoms with Crippen molar-refractivity contribution < 1.29 is 9.90 Å². The third kappa shape index (κ3) is 1.95. The fourth-order valence-corrected chi connectivity index (χ4v) is 5.99. The summed E-state index contributed by atoms with van der Waals surface area (Å²) in [7, 11) is 0. The summed E-state index contributed by atoms with van der Waals surface area (Å²) in [5.41, 5.74) is 2.88. The molecule has 1 unspecified atom stereocenters. The van der Waals surface area contributed by atoms with Crippen LogP contribution in [0.5, 0.6) is 0 Å². The van der Waals surface area contributed by atoms with E-state index in [1.54, 1.807) is 11.1 Å². The van der Waals surface area contributed by atoms with Crippen molar-refractivity contribution in [2.24, 2.45) is 22.2 Å². The zero-order chi connectivity index (χ0) is 16.2. The molecule has 3 aliphatic carbocycles. The molecule has 0 heterocycles. The Labute approximate surface area is 134 Å². The van der Waals surface area contributed by atoms with Gasteiger partial charge in [-0.3, -0.25) is 4.79 Å². The van der Waals surface area contributed by atoms with Crippen LogP contribution < -0.4 is 0 Å². The minimum absolute atomic E-state index is 0.0870. The molecule has 4 atom stereocenters. The van der Waals surface area contributed by atoms with Crippen LogP contribution in [0.25, 0.3) is 0 Å². The third-order valence-corrected chi connectivity index (χ3v) is 7.42. The Bertz CT molecular complexity index is 546. The predicted molar refractivity (Wildman–Crippen MR) is 89.6 cm³/mol. The van der Waals surface area contributed by atoms with Gasteiger partial charge in [-0.05, 0) is 63.2 Å². The van der Waals surface area contributed by atoms with Crippen LogP contribution in [0, 0.1) is 22.2 Å². The van der Waals surface area contributed by atoms with Crippen LogP contribution in [0.15, 0.2) is 23.8 Å². The fraction of sp³-hybridized carbons (Fsp3) is 0.750. The zero-order valence-corrected chi connectivity index (χ0v) is 14.4. The Balaban J connectivity index is 2.11. The van der Waals surface area contributed by atoms with Crippen molar-refractivity contribution in [2.45, 2.75) is 72.1 Å². The summed E-state index contributed by atoms with van der Waals surface area (Å²) in [4.78, 5) is 12.0. The van der Waals surface area contributed by atoms with E-state index in [1.807, 2.05) is 6.92 Å². The number of rotatable bonds is 2. The molecule has 2 nitrogen and oxygen atoms in total. The molecule has 0 bridgehead atoms. The molecule has 22 heavy (non-hydrogen) atoms. The van der Waals surface area contributed by atoms with Crippen LogP contribution in [-0.2, 0) is 4.79 Å². The number of hydrogen-bond donors (Lipinski definition) is 1. The van der Waals surface area contributed by atoms with E-state index in [2.05, 4.69) is 26.5 Å². The van der Waals surface area contributed by atoms with Crippen LogP contribution in [0.3, 0.4) is 0 Å². The lowest BCUT2D eigenvalue weighted by molar-refractivity contribution is -0.159. The van der Waals surface area contributed by atoms with Crippen molar-refractivity contribution in [3.05, 3.63) is 23.8 Å². The van der Waals surface area contributed by atoms with Crippen LogP contribution in [0.2, 0.25) is 0 Å². The molecule has 1 fully saturated rings. The summed E-state index contributed by atoms with van der Waals surface area (Å²) in [6.45, 7) is 10.8. The van der Waals surface area contributed by atoms with Gasteiger partial charge in [0.25, 0.3) is 0 Å². The summed E-state index contributed by atoms with van der Waals surface area (Å²) in [5.74, 6) is -0.299.